The fourth-order valence-electron chi connectivity index (χ4n) is 5.11. The van der Waals surface area contributed by atoms with Crippen LogP contribution in [0.5, 0.6) is 5.75 Å². The van der Waals surface area contributed by atoms with E-state index >= 15 is 0 Å². The molecule has 3 aromatic carbocycles. The van der Waals surface area contributed by atoms with Gasteiger partial charge in [-0.2, -0.15) is 4.31 Å². The number of rotatable bonds is 9. The largest absolute Gasteiger partial charge is 0.492 e. The molecule has 1 fully saturated rings. The highest BCUT2D eigenvalue weighted by Crippen LogP contribution is 2.40. The van der Waals surface area contributed by atoms with Crippen LogP contribution in [0, 0.1) is 0 Å². The fourth-order valence-corrected chi connectivity index (χ4v) is 8.13. The average molecular weight is 700 g/mol. The fraction of sp³-hybridized carbons (Fsp3) is 0.312. The summed E-state index contributed by atoms with van der Waals surface area (Å²) >= 11 is 1.18. The first-order valence-electron chi connectivity index (χ1n) is 14.7. The summed E-state index contributed by atoms with van der Waals surface area (Å²) in [5, 5.41) is 9.61. The van der Waals surface area contributed by atoms with Crippen molar-refractivity contribution in [1.82, 2.24) is 9.62 Å². The van der Waals surface area contributed by atoms with Crippen molar-refractivity contribution >= 4 is 70.3 Å². The molecule has 15 heteroatoms. The number of benzene rings is 3. The van der Waals surface area contributed by atoms with Gasteiger partial charge >= 0.3 is 0 Å². The lowest BCUT2D eigenvalue weighted by molar-refractivity contribution is 0.102. The van der Waals surface area contributed by atoms with Crippen molar-refractivity contribution in [2.45, 2.75) is 31.1 Å². The summed E-state index contributed by atoms with van der Waals surface area (Å²) in [6, 6.07) is 16.3. The first kappa shape index (κ1) is 34.3. The van der Waals surface area contributed by atoms with E-state index in [0.29, 0.717) is 47.1 Å². The van der Waals surface area contributed by atoms with Crippen LogP contribution in [0.15, 0.2) is 65.6 Å². The molecule has 1 aliphatic rings. The second-order valence-electron chi connectivity index (χ2n) is 12.2. The van der Waals surface area contributed by atoms with Gasteiger partial charge in [-0.05, 0) is 64.9 Å². The highest BCUT2D eigenvalue weighted by atomic mass is 32.2. The number of nitrogens with one attached hydrogen (secondary N) is 4. The van der Waals surface area contributed by atoms with Gasteiger partial charge in [0.05, 0.1) is 44.9 Å². The van der Waals surface area contributed by atoms with Gasteiger partial charge in [-0.1, -0.05) is 32.9 Å². The number of amides is 2. The summed E-state index contributed by atoms with van der Waals surface area (Å²) in [6.07, 6.45) is 1.04. The number of anilines is 3. The van der Waals surface area contributed by atoms with Crippen molar-refractivity contribution < 1.29 is 31.2 Å². The summed E-state index contributed by atoms with van der Waals surface area (Å²) in [5.74, 6) is -0.713. The molecule has 0 radical (unpaired) electrons. The van der Waals surface area contributed by atoms with E-state index in [-0.39, 0.29) is 27.3 Å². The van der Waals surface area contributed by atoms with Gasteiger partial charge in [-0.15, -0.1) is 11.3 Å². The summed E-state index contributed by atoms with van der Waals surface area (Å²) in [6.45, 7) is 7.84. The Hall–Kier alpha value is -4.02. The average Bonchev–Trinajstić information content (AvgIpc) is 3.46. The Morgan fingerprint density at radius 3 is 2.13 bits per heavy atom. The molecule has 0 bridgehead atoms. The molecule has 0 unspecified atom stereocenters. The molecule has 4 aromatic rings. The Bertz CT molecular complexity index is 2050. The smallest absolute Gasteiger partial charge is 0.265 e. The number of carbonyl (C=O) groups is 2. The first-order valence-corrected chi connectivity index (χ1v) is 18.9. The SMILES string of the molecule is COc1c(NC(=O)c2cc3cccc(NC(=O)c4ccc(S(=O)(=O)N5CCNCC5)cc4)c3s2)cc(C(C)(C)C)cc1NS(C)(=O)=O. The Morgan fingerprint density at radius 1 is 0.872 bits per heavy atom. The lowest BCUT2D eigenvalue weighted by Gasteiger charge is -2.26. The molecule has 2 amide bonds. The number of ether oxygens (including phenoxy) is 1. The number of methoxy groups -OCH3 is 1. The summed E-state index contributed by atoms with van der Waals surface area (Å²) in [7, 11) is -5.91. The van der Waals surface area contributed by atoms with Crippen molar-refractivity contribution in [1.29, 1.82) is 0 Å². The third kappa shape index (κ3) is 7.76. The third-order valence-electron chi connectivity index (χ3n) is 7.55. The summed E-state index contributed by atoms with van der Waals surface area (Å²) in [5.41, 5.74) is 1.67. The molecule has 5 rings (SSSR count). The van der Waals surface area contributed by atoms with Crippen molar-refractivity contribution in [2.75, 3.05) is 54.9 Å². The summed E-state index contributed by atoms with van der Waals surface area (Å²) < 4.78 is 60.2. The van der Waals surface area contributed by atoms with E-state index in [1.54, 1.807) is 30.3 Å². The van der Waals surface area contributed by atoms with Crippen LogP contribution in [0.25, 0.3) is 10.1 Å². The maximum atomic E-state index is 13.6. The van der Waals surface area contributed by atoms with E-state index in [9.17, 15) is 26.4 Å². The summed E-state index contributed by atoms with van der Waals surface area (Å²) in [4.78, 5) is 27.2. The maximum Gasteiger partial charge on any atom is 0.265 e. The van der Waals surface area contributed by atoms with Crippen molar-refractivity contribution in [3.05, 3.63) is 76.7 Å². The van der Waals surface area contributed by atoms with E-state index in [1.807, 2.05) is 26.8 Å². The molecule has 250 valence electrons. The Labute approximate surface area is 278 Å². The third-order valence-corrected chi connectivity index (χ3v) is 11.2. The van der Waals surface area contributed by atoms with Gasteiger partial charge in [-0.3, -0.25) is 14.3 Å². The van der Waals surface area contributed by atoms with Crippen LogP contribution in [0.4, 0.5) is 17.1 Å². The molecule has 1 aromatic heterocycles. The molecule has 12 nitrogen and oxygen atoms in total. The van der Waals surface area contributed by atoms with Crippen LogP contribution in [-0.4, -0.2) is 72.5 Å². The van der Waals surface area contributed by atoms with E-state index in [2.05, 4.69) is 20.7 Å². The second-order valence-corrected chi connectivity index (χ2v) is 16.9. The normalized spacial score (nSPS) is 14.5. The van der Waals surface area contributed by atoms with Crippen molar-refractivity contribution in [3.63, 3.8) is 0 Å². The van der Waals surface area contributed by atoms with Gasteiger partial charge in [0.1, 0.15) is 0 Å². The van der Waals surface area contributed by atoms with Crippen LogP contribution in [0.1, 0.15) is 46.4 Å². The molecule has 47 heavy (non-hydrogen) atoms. The standard InChI is InChI=1S/C32H37N5O7S3/c1-32(2,3)22-18-25(28(44-4)26(19-22)36-46(5,40)41)35-31(39)27-17-21-7-6-8-24(29(21)45-27)34-30(38)20-9-11-23(12-10-20)47(42,43)37-15-13-33-14-16-37/h6-12,17-19,33,36H,13-16H2,1-5H3,(H,34,38)(H,35,39). The molecular weight excluding hydrogens is 663 g/mol. The minimum Gasteiger partial charge on any atom is -0.492 e. The van der Waals surface area contributed by atoms with Gasteiger partial charge in [0, 0.05) is 31.7 Å². The number of hydrogen-bond acceptors (Lipinski definition) is 9. The number of thiophene rings is 1. The van der Waals surface area contributed by atoms with Gasteiger partial charge in [0.25, 0.3) is 11.8 Å². The van der Waals surface area contributed by atoms with E-state index in [0.717, 1.165) is 17.2 Å². The van der Waals surface area contributed by atoms with Crippen LogP contribution in [0.3, 0.4) is 0 Å². The molecular formula is C32H37N5O7S3. The minimum atomic E-state index is -3.66. The lowest BCUT2D eigenvalue weighted by atomic mass is 9.86. The van der Waals surface area contributed by atoms with Gasteiger partial charge in [0.2, 0.25) is 20.0 Å². The quantitative estimate of drug-likeness (QED) is 0.196. The number of nitrogens with zero attached hydrogens (tertiary/aromatic N) is 1. The van der Waals surface area contributed by atoms with E-state index < -0.39 is 31.9 Å². The predicted molar refractivity (Wildman–Crippen MR) is 186 cm³/mol. The van der Waals surface area contributed by atoms with Gasteiger partial charge in [-0.25, -0.2) is 16.8 Å². The number of sulfonamides is 2. The van der Waals surface area contributed by atoms with Crippen LogP contribution in [-0.2, 0) is 25.5 Å². The zero-order valence-electron chi connectivity index (χ0n) is 26.6. The van der Waals surface area contributed by atoms with Gasteiger partial charge in [0.15, 0.2) is 5.75 Å². The number of piperazine rings is 1. The predicted octanol–water partition coefficient (Wildman–Crippen LogP) is 4.68. The number of carbonyl (C=O) groups excluding carboxylic acids is 2. The van der Waals surface area contributed by atoms with E-state index in [4.69, 9.17) is 4.74 Å². The topological polar surface area (TPSA) is 163 Å². The zero-order valence-corrected chi connectivity index (χ0v) is 29.1. The van der Waals surface area contributed by atoms with Crippen LogP contribution < -0.4 is 25.4 Å². The minimum absolute atomic E-state index is 0.121. The number of hydrogen-bond donors (Lipinski definition) is 4. The van der Waals surface area contributed by atoms with E-state index in [1.165, 1.54) is 47.0 Å². The van der Waals surface area contributed by atoms with Crippen LogP contribution >= 0.6 is 11.3 Å². The molecule has 4 N–H and O–H groups in total. The van der Waals surface area contributed by atoms with Crippen LogP contribution in [0.2, 0.25) is 0 Å². The lowest BCUT2D eigenvalue weighted by Crippen LogP contribution is -2.46. The van der Waals surface area contributed by atoms with Crippen molar-refractivity contribution in [3.8, 4) is 5.75 Å². The Kier molecular flexibility index (Phi) is 9.67. The van der Waals surface area contributed by atoms with Crippen molar-refractivity contribution in [2.24, 2.45) is 0 Å². The zero-order chi connectivity index (χ0) is 34.1. The highest BCUT2D eigenvalue weighted by Gasteiger charge is 2.26. The molecule has 0 spiro atoms. The Balaban J connectivity index is 1.38. The molecule has 1 saturated heterocycles. The molecule has 1 aliphatic heterocycles. The highest BCUT2D eigenvalue weighted by molar-refractivity contribution is 7.92. The number of fused-ring (bicyclic) bond motifs is 1. The molecule has 0 saturated carbocycles. The molecule has 0 atom stereocenters. The second kappa shape index (κ2) is 13.2. The Morgan fingerprint density at radius 2 is 1.51 bits per heavy atom. The molecule has 2 heterocycles. The maximum absolute atomic E-state index is 13.6. The molecule has 0 aliphatic carbocycles. The van der Waals surface area contributed by atoms with Gasteiger partial charge < -0.3 is 20.7 Å². The first-order chi connectivity index (χ1) is 22.1. The monoisotopic (exact) mass is 699 g/mol.